The van der Waals surface area contributed by atoms with E-state index in [4.69, 9.17) is 19.2 Å². The molecule has 4 aliphatic rings. The fourth-order valence-corrected chi connectivity index (χ4v) is 10.8. The van der Waals surface area contributed by atoms with Gasteiger partial charge in [0.05, 0.1) is 36.0 Å². The number of nitrogens with one attached hydrogen (secondary N) is 2. The maximum atomic E-state index is 14.8. The molecular weight excluding hydrogens is 901 g/mol. The molecule has 3 fully saturated rings. The highest BCUT2D eigenvalue weighted by Gasteiger charge is 2.41. The highest BCUT2D eigenvalue weighted by atomic mass is 16.5. The van der Waals surface area contributed by atoms with Crippen molar-refractivity contribution < 1.29 is 38.5 Å². The Morgan fingerprint density at radius 3 is 2.52 bits per heavy atom. The minimum absolute atomic E-state index is 0.00392. The summed E-state index contributed by atoms with van der Waals surface area (Å²) in [5, 5.41) is 16.9. The van der Waals surface area contributed by atoms with E-state index in [1.807, 2.05) is 26.1 Å². The number of phenols is 1. The zero-order valence-electron chi connectivity index (χ0n) is 43.1. The van der Waals surface area contributed by atoms with Gasteiger partial charge in [0.2, 0.25) is 5.91 Å². The number of methoxy groups -OCH3 is 1. The van der Waals surface area contributed by atoms with Crippen molar-refractivity contribution in [3.63, 3.8) is 0 Å². The van der Waals surface area contributed by atoms with Crippen molar-refractivity contribution in [2.75, 3.05) is 72.0 Å². The molecule has 0 spiro atoms. The Morgan fingerprint density at radius 1 is 1.07 bits per heavy atom. The number of rotatable bonds is 11. The van der Waals surface area contributed by atoms with Crippen LogP contribution < -0.4 is 15.6 Å². The fraction of sp³-hybridized carbons (Fsp3) is 0.545. The second-order valence-corrected chi connectivity index (χ2v) is 21.1. The Hall–Kier alpha value is -5.81. The van der Waals surface area contributed by atoms with Gasteiger partial charge in [-0.2, -0.15) is 0 Å². The van der Waals surface area contributed by atoms with Crippen LogP contribution in [0.15, 0.2) is 61.3 Å². The Bertz CT molecular complexity index is 2640. The third kappa shape index (κ3) is 10.9. The summed E-state index contributed by atoms with van der Waals surface area (Å²) in [7, 11) is 5.43. The predicted octanol–water partition coefficient (Wildman–Crippen LogP) is 6.28. The van der Waals surface area contributed by atoms with Crippen LogP contribution in [-0.4, -0.2) is 145 Å². The molecule has 2 aromatic heterocycles. The Balaban J connectivity index is 1.25. The Labute approximate surface area is 418 Å². The summed E-state index contributed by atoms with van der Waals surface area (Å²) in [6.45, 7) is 21.2. The number of cyclic esters (lactones) is 1. The number of anilines is 1. The quantitative estimate of drug-likeness (QED) is 0.114. The summed E-state index contributed by atoms with van der Waals surface area (Å²) in [6.07, 6.45) is 4.79. The number of ether oxygens (including phenoxy) is 3. The van der Waals surface area contributed by atoms with E-state index in [2.05, 4.69) is 83.8 Å². The molecule has 7 atom stereocenters. The molecule has 0 radical (unpaired) electrons. The van der Waals surface area contributed by atoms with E-state index in [0.29, 0.717) is 38.0 Å². The third-order valence-corrected chi connectivity index (χ3v) is 15.1. The number of hydrazine groups is 1. The number of aromatic hydroxyl groups is 1. The number of carbonyl (C=O) groups is 4. The Morgan fingerprint density at radius 2 is 1.83 bits per heavy atom. The van der Waals surface area contributed by atoms with Crippen LogP contribution in [0.4, 0.5) is 5.69 Å². The molecule has 3 saturated heterocycles. The maximum absolute atomic E-state index is 14.8. The molecule has 8 rings (SSSR count). The third-order valence-electron chi connectivity index (χ3n) is 15.1. The second-order valence-electron chi connectivity index (χ2n) is 21.1. The number of carbonyl (C=O) groups excluding carboxylic acids is 4. The number of likely N-dealkylation sites (N-methyl/N-ethyl adjacent to an activating group) is 2. The lowest BCUT2D eigenvalue weighted by Gasteiger charge is -2.37. The van der Waals surface area contributed by atoms with Crippen LogP contribution in [0, 0.1) is 17.3 Å². The first kappa shape index (κ1) is 51.5. The van der Waals surface area contributed by atoms with E-state index in [-0.39, 0.29) is 43.3 Å². The van der Waals surface area contributed by atoms with Gasteiger partial charge >= 0.3 is 5.97 Å². The molecule has 382 valence electrons. The number of amides is 3. The number of aromatic nitrogens is 2. The van der Waals surface area contributed by atoms with Crippen LogP contribution >= 0.6 is 0 Å². The maximum Gasteiger partial charge on any atom is 0.324 e. The lowest BCUT2D eigenvalue weighted by atomic mass is 9.84. The van der Waals surface area contributed by atoms with E-state index < -0.39 is 53.3 Å². The van der Waals surface area contributed by atoms with Crippen LogP contribution in [-0.2, 0) is 52.8 Å². The van der Waals surface area contributed by atoms with Gasteiger partial charge in [0, 0.05) is 94.3 Å². The highest BCUT2D eigenvalue weighted by molar-refractivity contribution is 5.96. The fourth-order valence-electron chi connectivity index (χ4n) is 10.8. The molecule has 16 heteroatoms. The van der Waals surface area contributed by atoms with E-state index in [1.54, 1.807) is 39.3 Å². The van der Waals surface area contributed by atoms with E-state index in [1.165, 1.54) is 9.91 Å². The van der Waals surface area contributed by atoms with Crippen LogP contribution in [0.2, 0.25) is 0 Å². The molecule has 6 bridgehead atoms. The number of phenolic OH excluding ortho intramolecular Hbond substituents is 1. The van der Waals surface area contributed by atoms with Crippen LogP contribution in [0.5, 0.6) is 5.75 Å². The number of piperazine rings is 1. The van der Waals surface area contributed by atoms with Gasteiger partial charge in [-0.25, -0.2) is 5.43 Å². The molecular formula is C55H74N8O8. The number of benzene rings is 2. The van der Waals surface area contributed by atoms with Crippen molar-refractivity contribution in [2.45, 2.75) is 111 Å². The van der Waals surface area contributed by atoms with Gasteiger partial charge in [-0.05, 0) is 105 Å². The van der Waals surface area contributed by atoms with E-state index in [0.717, 1.165) is 82.8 Å². The SMILES string of the molecule is C=C[C@@H](C)[C@@H](C(=O)N[C@H]1Cc2cc(O)cc(c2)-c2ccc3c(c2)c(c(-c2cc(N4CCN(C)CC4)cnc2[C@H](C)OC)n3CC)CC(C)(C)COC(=O)[C@@H]2CCCN(N2)C1=O)N(C)C(=O)[C@@H]1OCC[C@@H]1C. The minimum atomic E-state index is -1.17. The van der Waals surface area contributed by atoms with Gasteiger partial charge in [0.1, 0.15) is 30.0 Å². The smallest absolute Gasteiger partial charge is 0.324 e. The van der Waals surface area contributed by atoms with Gasteiger partial charge in [-0.3, -0.25) is 29.2 Å². The average Bonchev–Trinajstić information content (AvgIpc) is 3.93. The minimum Gasteiger partial charge on any atom is -0.508 e. The van der Waals surface area contributed by atoms with Crippen molar-refractivity contribution in [3.8, 4) is 28.1 Å². The van der Waals surface area contributed by atoms with Gasteiger partial charge in [0.15, 0.2) is 0 Å². The lowest BCUT2D eigenvalue weighted by Crippen LogP contribution is -2.62. The molecule has 71 heavy (non-hydrogen) atoms. The van der Waals surface area contributed by atoms with E-state index in [9.17, 15) is 24.3 Å². The molecule has 3 N–H and O–H groups in total. The topological polar surface area (TPSA) is 171 Å². The summed E-state index contributed by atoms with van der Waals surface area (Å²) in [5.74, 6) is -2.32. The van der Waals surface area contributed by atoms with Gasteiger partial charge in [-0.15, -0.1) is 6.58 Å². The van der Waals surface area contributed by atoms with Crippen molar-refractivity contribution >= 4 is 40.3 Å². The zero-order chi connectivity index (χ0) is 50.9. The molecule has 0 saturated carbocycles. The number of pyridine rings is 1. The zero-order valence-corrected chi connectivity index (χ0v) is 43.1. The standard InChI is InChI=1S/C55H74N8O8/c1-11-33(3)48(60(9)53(67)50-34(4)17-23-70-50)51(65)57-45-26-36-24-38(27-40(64)25-36)37-15-16-46-41(28-37)43(30-55(6,7)32-71-54(68)44-14-13-18-63(58-44)52(45)66)49(62(46)12-2)42-29-39(31-56-47(42)35(5)69-10)61-21-19-59(8)20-22-61/h11,15-16,24-25,27-29,31,33-35,44-45,48,50,58,64H,1,12-14,17-23,26,30,32H2,2-10H3,(H,57,65)/t33-,34+,35+,44+,45+,48+,50-/m1/s1. The van der Waals surface area contributed by atoms with Crippen LogP contribution in [0.1, 0.15) is 83.7 Å². The number of aryl methyl sites for hydroxylation is 1. The summed E-state index contributed by atoms with van der Waals surface area (Å²) in [5.41, 5.74) is 10.7. The highest BCUT2D eigenvalue weighted by Crippen LogP contribution is 2.43. The molecule has 2 aromatic carbocycles. The number of nitrogens with zero attached hydrogens (tertiary/aromatic N) is 6. The predicted molar refractivity (Wildman–Crippen MR) is 274 cm³/mol. The van der Waals surface area contributed by atoms with Gasteiger partial charge < -0.3 is 43.9 Å². The monoisotopic (exact) mass is 975 g/mol. The summed E-state index contributed by atoms with van der Waals surface area (Å²) in [4.78, 5) is 68.7. The van der Waals surface area contributed by atoms with Crippen molar-refractivity contribution in [3.05, 3.63) is 78.1 Å². The normalized spacial score (nSPS) is 23.4. The average molecular weight is 975 g/mol. The second kappa shape index (κ2) is 21.5. The molecule has 4 aromatic rings. The van der Waals surface area contributed by atoms with Gasteiger partial charge in [-0.1, -0.05) is 45.9 Å². The Kier molecular flexibility index (Phi) is 15.6. The number of fused-ring (bicyclic) bond motifs is 6. The van der Waals surface area contributed by atoms with Crippen molar-refractivity contribution in [1.29, 1.82) is 0 Å². The molecule has 3 amide bonds. The number of hydrogen-bond donors (Lipinski definition) is 3. The molecule has 4 aliphatic heterocycles. The molecule has 0 unspecified atom stereocenters. The van der Waals surface area contributed by atoms with Crippen LogP contribution in [0.3, 0.4) is 0 Å². The molecule has 0 aliphatic carbocycles. The lowest BCUT2D eigenvalue weighted by molar-refractivity contribution is -0.155. The number of esters is 1. The van der Waals surface area contributed by atoms with Crippen molar-refractivity contribution in [2.24, 2.45) is 17.3 Å². The first-order valence-corrected chi connectivity index (χ1v) is 25.4. The molecule has 6 heterocycles. The largest absolute Gasteiger partial charge is 0.508 e. The van der Waals surface area contributed by atoms with Crippen molar-refractivity contribution in [1.82, 2.24) is 35.1 Å². The van der Waals surface area contributed by atoms with Gasteiger partial charge in [0.25, 0.3) is 11.8 Å². The van der Waals surface area contributed by atoms with Crippen LogP contribution in [0.25, 0.3) is 33.3 Å². The molecule has 16 nitrogen and oxygen atoms in total. The first-order valence-electron chi connectivity index (χ1n) is 25.4. The van der Waals surface area contributed by atoms with E-state index >= 15 is 0 Å². The summed E-state index contributed by atoms with van der Waals surface area (Å²) < 4.78 is 20.3. The summed E-state index contributed by atoms with van der Waals surface area (Å²) in [6, 6.07) is 10.9. The first-order chi connectivity index (χ1) is 33.9. The number of hydrogen-bond acceptors (Lipinski definition) is 12. The summed E-state index contributed by atoms with van der Waals surface area (Å²) >= 11 is 0.